The number of anilines is 1. The minimum absolute atomic E-state index is 0.0439. The van der Waals surface area contributed by atoms with Crippen LogP contribution in [0.3, 0.4) is 0 Å². The van der Waals surface area contributed by atoms with Crippen molar-refractivity contribution < 1.29 is 14.7 Å². The van der Waals surface area contributed by atoms with Crippen LogP contribution in [0.25, 0.3) is 0 Å². The topological polar surface area (TPSA) is 69.6 Å². The Hall–Kier alpha value is -1.88. The van der Waals surface area contributed by atoms with Gasteiger partial charge in [-0.1, -0.05) is 32.9 Å². The zero-order chi connectivity index (χ0) is 16.3. The van der Waals surface area contributed by atoms with E-state index in [1.54, 1.807) is 12.1 Å². The Kier molecular flexibility index (Phi) is 4.86. The van der Waals surface area contributed by atoms with Crippen LogP contribution in [0.1, 0.15) is 39.2 Å². The van der Waals surface area contributed by atoms with E-state index in [9.17, 15) is 14.7 Å². The lowest BCUT2D eigenvalue weighted by molar-refractivity contribution is -0.145. The summed E-state index contributed by atoms with van der Waals surface area (Å²) >= 11 is 0. The van der Waals surface area contributed by atoms with E-state index >= 15 is 0 Å². The highest BCUT2D eigenvalue weighted by atomic mass is 16.3. The predicted octanol–water partition coefficient (Wildman–Crippen LogP) is 1.91. The van der Waals surface area contributed by atoms with Crippen molar-refractivity contribution in [1.82, 2.24) is 4.90 Å². The normalized spacial score (nSPS) is 18.9. The van der Waals surface area contributed by atoms with Gasteiger partial charge < -0.3 is 15.3 Å². The second-order valence-corrected chi connectivity index (χ2v) is 6.83. The van der Waals surface area contributed by atoms with Crippen molar-refractivity contribution in [3.05, 3.63) is 29.8 Å². The van der Waals surface area contributed by atoms with Crippen molar-refractivity contribution in [2.24, 2.45) is 0 Å². The van der Waals surface area contributed by atoms with Crippen LogP contribution in [-0.4, -0.2) is 41.0 Å². The van der Waals surface area contributed by atoms with E-state index in [2.05, 4.69) is 26.1 Å². The van der Waals surface area contributed by atoms with Gasteiger partial charge >= 0.3 is 11.8 Å². The van der Waals surface area contributed by atoms with Gasteiger partial charge in [0.05, 0.1) is 6.10 Å². The fraction of sp³-hybridized carbons (Fsp3) is 0.529. The summed E-state index contributed by atoms with van der Waals surface area (Å²) in [7, 11) is 0. The van der Waals surface area contributed by atoms with Gasteiger partial charge in [-0.15, -0.1) is 0 Å². The lowest BCUT2D eigenvalue weighted by Gasteiger charge is -2.29. The van der Waals surface area contributed by atoms with Gasteiger partial charge in [-0.3, -0.25) is 9.59 Å². The molecule has 0 spiro atoms. The van der Waals surface area contributed by atoms with E-state index in [1.807, 2.05) is 12.1 Å². The smallest absolute Gasteiger partial charge is 0.313 e. The summed E-state index contributed by atoms with van der Waals surface area (Å²) in [6, 6.07) is 7.50. The number of hydrogen-bond acceptors (Lipinski definition) is 3. The molecule has 2 rings (SSSR count). The number of aliphatic hydroxyl groups is 1. The highest BCUT2D eigenvalue weighted by Gasteiger charge is 2.26. The lowest BCUT2D eigenvalue weighted by atomic mass is 9.87. The van der Waals surface area contributed by atoms with Gasteiger partial charge in [0, 0.05) is 18.8 Å². The van der Waals surface area contributed by atoms with Crippen molar-refractivity contribution in [2.45, 2.75) is 45.1 Å². The second-order valence-electron chi connectivity index (χ2n) is 6.83. The summed E-state index contributed by atoms with van der Waals surface area (Å²) in [6.07, 6.45) is 0.872. The molecule has 1 aromatic rings. The zero-order valence-corrected chi connectivity index (χ0v) is 13.4. The van der Waals surface area contributed by atoms with Gasteiger partial charge in [0.15, 0.2) is 0 Å². The van der Waals surface area contributed by atoms with Gasteiger partial charge in [-0.05, 0) is 36.0 Å². The maximum atomic E-state index is 12.1. The number of piperidine rings is 1. The average Bonchev–Trinajstić information content (AvgIpc) is 2.46. The molecule has 1 saturated heterocycles. The first-order valence-electron chi connectivity index (χ1n) is 7.66. The number of carbonyl (C=O) groups excluding carboxylic acids is 2. The second kappa shape index (κ2) is 6.48. The summed E-state index contributed by atoms with van der Waals surface area (Å²) in [4.78, 5) is 25.5. The number of carbonyl (C=O) groups is 2. The number of nitrogens with zero attached hydrogens (tertiary/aromatic N) is 1. The summed E-state index contributed by atoms with van der Waals surface area (Å²) in [5.74, 6) is -1.24. The number of benzene rings is 1. The Morgan fingerprint density at radius 2 is 1.86 bits per heavy atom. The molecule has 1 fully saturated rings. The summed E-state index contributed by atoms with van der Waals surface area (Å²) in [5, 5.41) is 12.2. The van der Waals surface area contributed by atoms with Gasteiger partial charge in [0.25, 0.3) is 0 Å². The van der Waals surface area contributed by atoms with Crippen molar-refractivity contribution in [1.29, 1.82) is 0 Å². The maximum absolute atomic E-state index is 12.1. The van der Waals surface area contributed by atoms with E-state index in [1.165, 1.54) is 4.90 Å². The van der Waals surface area contributed by atoms with Crippen LogP contribution in [0, 0.1) is 0 Å². The molecule has 1 aromatic carbocycles. The number of likely N-dealkylation sites (tertiary alicyclic amines) is 1. The molecule has 0 radical (unpaired) electrons. The van der Waals surface area contributed by atoms with E-state index in [0.29, 0.717) is 18.7 Å². The van der Waals surface area contributed by atoms with Crippen molar-refractivity contribution in [2.75, 3.05) is 18.4 Å². The molecule has 0 saturated carbocycles. The molecule has 1 unspecified atom stereocenters. The number of β-amino-alcohol motifs (C(OH)–C–C–N with tert-alkyl or cyclic N) is 1. The van der Waals surface area contributed by atoms with Crippen LogP contribution in [-0.2, 0) is 15.0 Å². The van der Waals surface area contributed by atoms with Gasteiger partial charge in [0.2, 0.25) is 0 Å². The fourth-order valence-electron chi connectivity index (χ4n) is 2.52. The first-order chi connectivity index (χ1) is 10.3. The molecule has 2 amide bonds. The first-order valence-corrected chi connectivity index (χ1v) is 7.66. The molecule has 0 aliphatic carbocycles. The molecule has 120 valence electrons. The molecule has 22 heavy (non-hydrogen) atoms. The quantitative estimate of drug-likeness (QED) is 0.779. The van der Waals surface area contributed by atoms with Crippen molar-refractivity contribution >= 4 is 17.5 Å². The van der Waals surface area contributed by atoms with Crippen LogP contribution >= 0.6 is 0 Å². The van der Waals surface area contributed by atoms with Gasteiger partial charge in [-0.25, -0.2) is 0 Å². The first kappa shape index (κ1) is 16.5. The Balaban J connectivity index is 1.98. The molecule has 2 N–H and O–H groups in total. The van der Waals surface area contributed by atoms with E-state index in [4.69, 9.17) is 0 Å². The minimum Gasteiger partial charge on any atom is -0.391 e. The predicted molar refractivity (Wildman–Crippen MR) is 85.6 cm³/mol. The summed E-state index contributed by atoms with van der Waals surface area (Å²) < 4.78 is 0. The fourth-order valence-corrected chi connectivity index (χ4v) is 2.52. The van der Waals surface area contributed by atoms with E-state index in [-0.39, 0.29) is 12.0 Å². The lowest BCUT2D eigenvalue weighted by Crippen LogP contribution is -2.46. The SMILES string of the molecule is CC(C)(C)c1ccc(NC(=O)C(=O)N2CCCC(O)C2)cc1. The third-order valence-electron chi connectivity index (χ3n) is 3.89. The molecule has 1 atom stereocenters. The van der Waals surface area contributed by atoms with Crippen LogP contribution in [0.15, 0.2) is 24.3 Å². The third-order valence-corrected chi connectivity index (χ3v) is 3.89. The van der Waals surface area contributed by atoms with Crippen LogP contribution in [0.4, 0.5) is 5.69 Å². The zero-order valence-electron chi connectivity index (χ0n) is 13.4. The number of aliphatic hydroxyl groups excluding tert-OH is 1. The Morgan fingerprint density at radius 3 is 2.41 bits per heavy atom. The third kappa shape index (κ3) is 4.07. The minimum atomic E-state index is -0.655. The maximum Gasteiger partial charge on any atom is 0.313 e. The van der Waals surface area contributed by atoms with Crippen LogP contribution in [0.2, 0.25) is 0 Å². The standard InChI is InChI=1S/C17H24N2O3/c1-17(2,3)12-6-8-13(9-7-12)18-15(21)16(22)19-10-4-5-14(20)11-19/h6-9,14,20H,4-5,10-11H2,1-3H3,(H,18,21). The molecule has 0 aromatic heterocycles. The number of amides is 2. The Morgan fingerprint density at radius 1 is 1.23 bits per heavy atom. The van der Waals surface area contributed by atoms with Crippen molar-refractivity contribution in [3.63, 3.8) is 0 Å². The largest absolute Gasteiger partial charge is 0.391 e. The number of rotatable bonds is 1. The van der Waals surface area contributed by atoms with Gasteiger partial charge in [-0.2, -0.15) is 0 Å². The van der Waals surface area contributed by atoms with Gasteiger partial charge in [0.1, 0.15) is 0 Å². The van der Waals surface area contributed by atoms with E-state index in [0.717, 1.165) is 12.0 Å². The molecule has 1 aliphatic heterocycles. The van der Waals surface area contributed by atoms with Crippen LogP contribution in [0.5, 0.6) is 0 Å². The average molecular weight is 304 g/mol. The number of nitrogens with one attached hydrogen (secondary N) is 1. The molecule has 0 bridgehead atoms. The Bertz CT molecular complexity index is 546. The Labute approximate surface area is 131 Å². The molecular weight excluding hydrogens is 280 g/mol. The molecule has 1 heterocycles. The van der Waals surface area contributed by atoms with E-state index < -0.39 is 17.9 Å². The molecule has 5 nitrogen and oxygen atoms in total. The highest BCUT2D eigenvalue weighted by molar-refractivity contribution is 6.39. The molecular formula is C17H24N2O3. The molecule has 5 heteroatoms. The monoisotopic (exact) mass is 304 g/mol. The number of hydrogen-bond donors (Lipinski definition) is 2. The summed E-state index contributed by atoms with van der Waals surface area (Å²) in [5.41, 5.74) is 1.81. The van der Waals surface area contributed by atoms with Crippen molar-refractivity contribution in [3.8, 4) is 0 Å². The van der Waals surface area contributed by atoms with Crippen LogP contribution < -0.4 is 5.32 Å². The highest BCUT2D eigenvalue weighted by Crippen LogP contribution is 2.23. The summed E-state index contributed by atoms with van der Waals surface area (Å²) in [6.45, 7) is 7.10. The molecule has 1 aliphatic rings.